The summed E-state index contributed by atoms with van der Waals surface area (Å²) < 4.78 is 11.1. The number of ether oxygens (including phenoxy) is 2. The first-order chi connectivity index (χ1) is 16.7. The number of carbonyl (C=O) groups is 4. The number of nitrogens with zero attached hydrogens (tertiary/aromatic N) is 2. The Hall–Kier alpha value is -3.14. The molecule has 10 nitrogen and oxygen atoms in total. The largest absolute Gasteiger partial charge is 0.491 e. The Morgan fingerprint density at radius 1 is 1.17 bits per heavy atom. The molecule has 0 aromatic heterocycles. The monoisotopic (exact) mass is 488 g/mol. The number of benzene rings is 1. The van der Waals surface area contributed by atoms with Crippen LogP contribution >= 0.6 is 0 Å². The van der Waals surface area contributed by atoms with Gasteiger partial charge in [-0.25, -0.2) is 0 Å². The molecule has 0 unspecified atom stereocenters. The third-order valence-electron chi connectivity index (χ3n) is 6.45. The highest BCUT2D eigenvalue weighted by Crippen LogP contribution is 2.22. The molecule has 192 valence electrons. The molecule has 0 radical (unpaired) electrons. The zero-order valence-corrected chi connectivity index (χ0v) is 20.9. The molecule has 2 aliphatic rings. The van der Waals surface area contributed by atoms with E-state index in [4.69, 9.17) is 9.47 Å². The number of hydrogen-bond acceptors (Lipinski definition) is 6. The van der Waals surface area contributed by atoms with Crippen LogP contribution in [0.15, 0.2) is 24.3 Å². The van der Waals surface area contributed by atoms with Gasteiger partial charge in [0.1, 0.15) is 24.4 Å². The fraction of sp³-hybridized carbons (Fsp3) is 0.600. The van der Waals surface area contributed by atoms with Gasteiger partial charge in [0.2, 0.25) is 17.7 Å². The van der Waals surface area contributed by atoms with Crippen LogP contribution in [0.1, 0.15) is 43.5 Å². The Kier molecular flexibility index (Phi) is 9.08. The number of para-hydroxylation sites is 1. The van der Waals surface area contributed by atoms with Crippen molar-refractivity contribution in [3.63, 3.8) is 0 Å². The first kappa shape index (κ1) is 26.5. The minimum atomic E-state index is -1.10. The summed E-state index contributed by atoms with van der Waals surface area (Å²) in [7, 11) is 3.22. The highest BCUT2D eigenvalue weighted by atomic mass is 16.5. The number of nitrogens with one attached hydrogen (secondary N) is 2. The lowest BCUT2D eigenvalue weighted by Crippen LogP contribution is -2.55. The lowest BCUT2D eigenvalue weighted by Gasteiger charge is -2.31. The van der Waals surface area contributed by atoms with E-state index in [9.17, 15) is 19.2 Å². The first-order valence-corrected chi connectivity index (χ1v) is 12.1. The van der Waals surface area contributed by atoms with Crippen molar-refractivity contribution in [1.29, 1.82) is 0 Å². The summed E-state index contributed by atoms with van der Waals surface area (Å²) in [5, 5.41) is 5.53. The summed E-state index contributed by atoms with van der Waals surface area (Å²) in [4.78, 5) is 56.0. The maximum Gasteiger partial charge on any atom is 0.255 e. The predicted molar refractivity (Wildman–Crippen MR) is 129 cm³/mol. The van der Waals surface area contributed by atoms with Crippen molar-refractivity contribution in [2.75, 3.05) is 40.5 Å². The lowest BCUT2D eigenvalue weighted by molar-refractivity contribution is -0.139. The summed E-state index contributed by atoms with van der Waals surface area (Å²) in [6.45, 7) is 5.04. The van der Waals surface area contributed by atoms with E-state index in [1.54, 1.807) is 43.3 Å². The number of amides is 4. The first-order valence-electron chi connectivity index (χ1n) is 12.1. The van der Waals surface area contributed by atoms with Gasteiger partial charge in [-0.2, -0.15) is 0 Å². The lowest BCUT2D eigenvalue weighted by atomic mass is 10.0. The molecule has 1 aromatic rings. The molecule has 0 saturated carbocycles. The fourth-order valence-electron chi connectivity index (χ4n) is 4.48. The van der Waals surface area contributed by atoms with Crippen LogP contribution in [0.4, 0.5) is 0 Å². The van der Waals surface area contributed by atoms with Crippen LogP contribution in [0.25, 0.3) is 0 Å². The molecule has 2 aliphatic heterocycles. The molecule has 35 heavy (non-hydrogen) atoms. The predicted octanol–water partition coefficient (Wildman–Crippen LogP) is 0.804. The molecule has 1 fully saturated rings. The molecule has 0 bridgehead atoms. The molecule has 0 aliphatic carbocycles. The number of fused-ring (bicyclic) bond motifs is 1. The highest BCUT2D eigenvalue weighted by molar-refractivity contribution is 6.01. The van der Waals surface area contributed by atoms with Gasteiger partial charge in [-0.05, 0) is 30.9 Å². The number of likely N-dealkylation sites (N-methyl/N-ethyl adjacent to an activating group) is 1. The maximum atomic E-state index is 13.5. The fourth-order valence-corrected chi connectivity index (χ4v) is 4.48. The zero-order valence-electron chi connectivity index (χ0n) is 20.9. The van der Waals surface area contributed by atoms with E-state index in [0.717, 1.165) is 12.8 Å². The van der Waals surface area contributed by atoms with Crippen molar-refractivity contribution < 1.29 is 28.7 Å². The summed E-state index contributed by atoms with van der Waals surface area (Å²) in [5.74, 6) is -1.39. The van der Waals surface area contributed by atoms with Gasteiger partial charge in [0.25, 0.3) is 5.91 Å². The quantitative estimate of drug-likeness (QED) is 0.648. The van der Waals surface area contributed by atoms with Crippen molar-refractivity contribution >= 4 is 23.6 Å². The summed E-state index contributed by atoms with van der Waals surface area (Å²) in [6.07, 6.45) is 1.32. The van der Waals surface area contributed by atoms with Crippen molar-refractivity contribution in [3.8, 4) is 5.75 Å². The smallest absolute Gasteiger partial charge is 0.255 e. The van der Waals surface area contributed by atoms with Gasteiger partial charge >= 0.3 is 0 Å². The molecule has 2 N–H and O–H groups in total. The Morgan fingerprint density at radius 2 is 1.91 bits per heavy atom. The molecular weight excluding hydrogens is 452 g/mol. The Bertz CT molecular complexity index is 936. The van der Waals surface area contributed by atoms with Crippen LogP contribution in [-0.4, -0.2) is 92.0 Å². The Balaban J connectivity index is 1.93. The maximum absolute atomic E-state index is 13.5. The average molecular weight is 489 g/mol. The van der Waals surface area contributed by atoms with Gasteiger partial charge in [0.15, 0.2) is 0 Å². The van der Waals surface area contributed by atoms with Gasteiger partial charge in [-0.15, -0.1) is 0 Å². The van der Waals surface area contributed by atoms with Gasteiger partial charge in [-0.1, -0.05) is 26.0 Å². The van der Waals surface area contributed by atoms with Crippen molar-refractivity contribution in [2.45, 2.75) is 51.2 Å². The summed E-state index contributed by atoms with van der Waals surface area (Å²) in [5.41, 5.74) is 0.256. The zero-order chi connectivity index (χ0) is 25.5. The standard InChI is InChI=1S/C25H36N4O6/c1-16(2)22-25(33)28(3)12-13-35-20-10-6-5-9-18(20)23(31)26-19(14-21(30)27-22)24(32)29-11-7-8-17(29)15-34-4/h5-6,9-10,16-17,19,22H,7-8,11-15H2,1-4H3,(H,26,31)(H,27,30)/t17-,19-,22-/m0/s1. The molecule has 1 aromatic carbocycles. The van der Waals surface area contributed by atoms with Crippen LogP contribution in [0.2, 0.25) is 0 Å². The molecular formula is C25H36N4O6. The van der Waals surface area contributed by atoms with Crippen LogP contribution in [0, 0.1) is 5.92 Å². The highest BCUT2D eigenvalue weighted by Gasteiger charge is 2.36. The van der Waals surface area contributed by atoms with Gasteiger partial charge in [0, 0.05) is 20.7 Å². The molecule has 0 spiro atoms. The number of hydrogen-bond donors (Lipinski definition) is 2. The van der Waals surface area contributed by atoms with Crippen LogP contribution in [-0.2, 0) is 19.1 Å². The normalized spacial score (nSPS) is 24.4. The third kappa shape index (κ3) is 6.50. The minimum Gasteiger partial charge on any atom is -0.491 e. The Morgan fingerprint density at radius 3 is 2.63 bits per heavy atom. The van der Waals surface area contributed by atoms with Crippen molar-refractivity contribution in [2.24, 2.45) is 5.92 Å². The molecule has 10 heteroatoms. The van der Waals surface area contributed by atoms with Crippen molar-refractivity contribution in [1.82, 2.24) is 20.4 Å². The van der Waals surface area contributed by atoms with E-state index in [0.29, 0.717) is 18.9 Å². The summed E-state index contributed by atoms with van der Waals surface area (Å²) in [6, 6.07) is 4.73. The molecule has 4 amide bonds. The number of carbonyl (C=O) groups excluding carboxylic acids is 4. The van der Waals surface area contributed by atoms with E-state index in [-0.39, 0.29) is 48.9 Å². The van der Waals surface area contributed by atoms with Crippen LogP contribution < -0.4 is 15.4 Å². The molecule has 3 atom stereocenters. The van der Waals surface area contributed by atoms with Crippen molar-refractivity contribution in [3.05, 3.63) is 29.8 Å². The number of rotatable bonds is 4. The molecule has 1 saturated heterocycles. The van der Waals surface area contributed by atoms with E-state index in [2.05, 4.69) is 10.6 Å². The second-order valence-electron chi connectivity index (χ2n) is 9.41. The number of likely N-dealkylation sites (tertiary alicyclic amines) is 1. The number of methoxy groups -OCH3 is 1. The van der Waals surface area contributed by atoms with Crippen LogP contribution in [0.3, 0.4) is 0 Å². The second kappa shape index (κ2) is 12.0. The molecule has 2 heterocycles. The van der Waals surface area contributed by atoms with Crippen LogP contribution in [0.5, 0.6) is 5.75 Å². The van der Waals surface area contributed by atoms with Gasteiger partial charge < -0.3 is 29.9 Å². The second-order valence-corrected chi connectivity index (χ2v) is 9.41. The van der Waals surface area contributed by atoms with E-state index >= 15 is 0 Å². The van der Waals surface area contributed by atoms with Gasteiger partial charge in [0.05, 0.1) is 31.2 Å². The third-order valence-corrected chi connectivity index (χ3v) is 6.45. The average Bonchev–Trinajstić information content (AvgIpc) is 3.29. The van der Waals surface area contributed by atoms with E-state index in [1.807, 2.05) is 13.8 Å². The topological polar surface area (TPSA) is 117 Å². The van der Waals surface area contributed by atoms with Gasteiger partial charge in [-0.3, -0.25) is 19.2 Å². The van der Waals surface area contributed by atoms with E-state index in [1.165, 1.54) is 4.90 Å². The minimum absolute atomic E-state index is 0.116. The SMILES string of the molecule is COC[C@@H]1CCCN1C(=O)[C@@H]1CC(=O)N[C@@H](C(C)C)C(=O)N(C)CCOc2ccccc2C(=O)N1. The van der Waals surface area contributed by atoms with E-state index < -0.39 is 23.9 Å². The molecule has 3 rings (SSSR count). The summed E-state index contributed by atoms with van der Waals surface area (Å²) >= 11 is 0. The Labute approximate surface area is 206 Å².